The van der Waals surface area contributed by atoms with E-state index in [0.717, 1.165) is 22.3 Å². The fraction of sp³-hybridized carbons (Fsp3) is 0.176. The summed E-state index contributed by atoms with van der Waals surface area (Å²) in [5.41, 5.74) is 0.436. The van der Waals surface area contributed by atoms with Gasteiger partial charge in [0.1, 0.15) is 10.8 Å². The Bertz CT molecular complexity index is 892. The van der Waals surface area contributed by atoms with E-state index in [1.54, 1.807) is 12.1 Å². The average molecular weight is 417 g/mol. The Labute approximate surface area is 156 Å². The number of hydrogen-bond acceptors (Lipinski definition) is 6. The van der Waals surface area contributed by atoms with Crippen LogP contribution in [-0.4, -0.2) is 21.1 Å². The summed E-state index contributed by atoms with van der Waals surface area (Å²) in [5.74, 6) is 1.36. The Morgan fingerprint density at radius 1 is 1.16 bits per heavy atom. The van der Waals surface area contributed by atoms with Gasteiger partial charge < -0.3 is 4.74 Å². The highest BCUT2D eigenvalue weighted by atomic mass is 79.9. The van der Waals surface area contributed by atoms with Crippen LogP contribution in [0.5, 0.6) is 11.6 Å². The second-order valence-corrected chi connectivity index (χ2v) is 7.54. The van der Waals surface area contributed by atoms with Crippen molar-refractivity contribution in [1.82, 2.24) is 15.2 Å². The van der Waals surface area contributed by atoms with Crippen molar-refractivity contribution in [1.29, 1.82) is 0 Å². The molecule has 6 nitrogen and oxygen atoms in total. The molecule has 1 amide bonds. The van der Waals surface area contributed by atoms with E-state index in [1.165, 1.54) is 17.5 Å². The number of ether oxygens (including phenoxy) is 1. The molecule has 0 spiro atoms. The number of nitrogens with one attached hydrogen (secondary N) is 1. The van der Waals surface area contributed by atoms with E-state index < -0.39 is 0 Å². The highest BCUT2D eigenvalue weighted by Crippen LogP contribution is 2.42. The normalized spacial score (nSPS) is 13.5. The number of aromatic nitrogens is 3. The molecule has 2 heterocycles. The lowest BCUT2D eigenvalue weighted by Gasteiger charge is -2.05. The summed E-state index contributed by atoms with van der Waals surface area (Å²) in [5, 5.41) is 12.4. The second kappa shape index (κ2) is 6.89. The topological polar surface area (TPSA) is 77.0 Å². The molecule has 0 bridgehead atoms. The maximum Gasteiger partial charge on any atom is 0.259 e. The number of amides is 1. The molecule has 0 radical (unpaired) electrons. The lowest BCUT2D eigenvalue weighted by molar-refractivity contribution is 0.102. The van der Waals surface area contributed by atoms with Gasteiger partial charge in [0.15, 0.2) is 0 Å². The summed E-state index contributed by atoms with van der Waals surface area (Å²) in [7, 11) is 0. The van der Waals surface area contributed by atoms with Crippen molar-refractivity contribution < 1.29 is 9.53 Å². The number of halogens is 1. The van der Waals surface area contributed by atoms with Gasteiger partial charge in [0, 0.05) is 22.7 Å². The molecule has 1 saturated carbocycles. The predicted octanol–water partition coefficient (Wildman–Crippen LogP) is 4.62. The second-order valence-electron chi connectivity index (χ2n) is 5.61. The van der Waals surface area contributed by atoms with Crippen LogP contribution in [0, 0.1) is 0 Å². The van der Waals surface area contributed by atoms with Gasteiger partial charge in [-0.2, -0.15) is 0 Å². The lowest BCUT2D eigenvalue weighted by Crippen LogP contribution is -2.12. The number of anilines is 1. The summed E-state index contributed by atoms with van der Waals surface area (Å²) >= 11 is 4.80. The van der Waals surface area contributed by atoms with Crippen molar-refractivity contribution in [3.05, 3.63) is 57.6 Å². The van der Waals surface area contributed by atoms with Gasteiger partial charge in [0.25, 0.3) is 5.91 Å². The summed E-state index contributed by atoms with van der Waals surface area (Å²) in [4.78, 5) is 16.4. The van der Waals surface area contributed by atoms with Crippen LogP contribution >= 0.6 is 27.3 Å². The molecule has 4 rings (SSSR count). The minimum atomic E-state index is -0.263. The molecular formula is C17H13BrN4O2S. The molecule has 0 atom stereocenters. The van der Waals surface area contributed by atoms with Crippen molar-refractivity contribution in [2.75, 3.05) is 5.32 Å². The Morgan fingerprint density at radius 3 is 2.64 bits per heavy atom. The number of carbonyl (C=O) groups is 1. The first-order valence-electron chi connectivity index (χ1n) is 7.71. The molecule has 25 heavy (non-hydrogen) atoms. The SMILES string of the molecule is O=C(Nc1nnc(C2CC2)s1)c1ccc(Oc2ccc(Br)cc2)nc1. The van der Waals surface area contributed by atoms with Crippen LogP contribution in [0.15, 0.2) is 47.1 Å². The van der Waals surface area contributed by atoms with E-state index in [-0.39, 0.29) is 5.91 Å². The van der Waals surface area contributed by atoms with Gasteiger partial charge in [-0.15, -0.1) is 10.2 Å². The highest BCUT2D eigenvalue weighted by molar-refractivity contribution is 9.10. The van der Waals surface area contributed by atoms with Crippen LogP contribution in [-0.2, 0) is 0 Å². The zero-order valence-corrected chi connectivity index (χ0v) is 15.4. The first-order valence-corrected chi connectivity index (χ1v) is 9.32. The quantitative estimate of drug-likeness (QED) is 0.656. The van der Waals surface area contributed by atoms with Crippen molar-refractivity contribution in [2.45, 2.75) is 18.8 Å². The molecule has 0 saturated heterocycles. The third kappa shape index (κ3) is 4.02. The van der Waals surface area contributed by atoms with Crippen LogP contribution in [0.3, 0.4) is 0 Å². The van der Waals surface area contributed by atoms with Crippen molar-refractivity contribution in [3.63, 3.8) is 0 Å². The first-order chi connectivity index (χ1) is 12.2. The van der Waals surface area contributed by atoms with Gasteiger partial charge in [-0.25, -0.2) is 4.98 Å². The monoisotopic (exact) mass is 416 g/mol. The Morgan fingerprint density at radius 2 is 1.96 bits per heavy atom. The molecule has 1 aliphatic rings. The lowest BCUT2D eigenvalue weighted by atomic mass is 10.3. The molecule has 1 aliphatic carbocycles. The molecule has 3 aromatic rings. The first kappa shape index (κ1) is 16.2. The van der Waals surface area contributed by atoms with Crippen LogP contribution in [0.2, 0.25) is 0 Å². The molecule has 1 fully saturated rings. The molecule has 126 valence electrons. The number of pyridine rings is 1. The zero-order valence-electron chi connectivity index (χ0n) is 13.0. The fourth-order valence-electron chi connectivity index (χ4n) is 2.15. The molecule has 1 N–H and O–H groups in total. The molecular weight excluding hydrogens is 404 g/mol. The number of nitrogens with zero attached hydrogens (tertiary/aromatic N) is 3. The number of hydrogen-bond donors (Lipinski definition) is 1. The Kier molecular flexibility index (Phi) is 4.46. The van der Waals surface area contributed by atoms with Gasteiger partial charge in [0.05, 0.1) is 5.56 Å². The predicted molar refractivity (Wildman–Crippen MR) is 98.3 cm³/mol. The summed E-state index contributed by atoms with van der Waals surface area (Å²) < 4.78 is 6.61. The van der Waals surface area contributed by atoms with Crippen LogP contribution in [0.4, 0.5) is 5.13 Å². The van der Waals surface area contributed by atoms with Crippen molar-refractivity contribution >= 4 is 38.3 Å². The van der Waals surface area contributed by atoms with Crippen LogP contribution < -0.4 is 10.1 Å². The van der Waals surface area contributed by atoms with E-state index in [2.05, 4.69) is 36.4 Å². The van der Waals surface area contributed by atoms with E-state index in [0.29, 0.717) is 28.2 Å². The highest BCUT2D eigenvalue weighted by Gasteiger charge is 2.27. The van der Waals surface area contributed by atoms with Crippen molar-refractivity contribution in [3.8, 4) is 11.6 Å². The third-order valence-electron chi connectivity index (χ3n) is 3.62. The number of carbonyl (C=O) groups excluding carboxylic acids is 1. The smallest absolute Gasteiger partial charge is 0.259 e. The molecule has 2 aromatic heterocycles. The van der Waals surface area contributed by atoms with Gasteiger partial charge in [-0.1, -0.05) is 27.3 Å². The number of benzene rings is 1. The van der Waals surface area contributed by atoms with E-state index >= 15 is 0 Å². The van der Waals surface area contributed by atoms with Gasteiger partial charge in [-0.05, 0) is 43.2 Å². The zero-order chi connectivity index (χ0) is 17.2. The maximum absolute atomic E-state index is 12.3. The Balaban J connectivity index is 1.40. The average Bonchev–Trinajstić information content (AvgIpc) is 3.37. The van der Waals surface area contributed by atoms with E-state index in [9.17, 15) is 4.79 Å². The molecule has 8 heteroatoms. The van der Waals surface area contributed by atoms with Crippen molar-refractivity contribution in [2.24, 2.45) is 0 Å². The summed E-state index contributed by atoms with van der Waals surface area (Å²) in [6, 6.07) is 10.8. The minimum Gasteiger partial charge on any atom is -0.439 e. The minimum absolute atomic E-state index is 0.263. The molecule has 1 aromatic carbocycles. The standard InChI is InChI=1S/C17H13BrN4O2S/c18-12-4-6-13(7-5-12)24-14-8-3-11(9-19-14)15(23)20-17-22-21-16(25-17)10-1-2-10/h3-10H,1-2H2,(H,20,22,23). The molecule has 0 aliphatic heterocycles. The Hall–Kier alpha value is -2.32. The van der Waals surface area contributed by atoms with Crippen LogP contribution in [0.25, 0.3) is 0 Å². The summed E-state index contributed by atoms with van der Waals surface area (Å²) in [6.45, 7) is 0. The van der Waals surface area contributed by atoms with Gasteiger partial charge in [-0.3, -0.25) is 10.1 Å². The fourth-order valence-corrected chi connectivity index (χ4v) is 3.32. The summed E-state index contributed by atoms with van der Waals surface area (Å²) in [6.07, 6.45) is 3.80. The van der Waals surface area contributed by atoms with Gasteiger partial charge in [0.2, 0.25) is 11.0 Å². The van der Waals surface area contributed by atoms with Crippen LogP contribution in [0.1, 0.15) is 34.1 Å². The maximum atomic E-state index is 12.3. The third-order valence-corrected chi connectivity index (χ3v) is 5.15. The molecule has 0 unspecified atom stereocenters. The van der Waals surface area contributed by atoms with E-state index in [1.807, 2.05) is 24.3 Å². The van der Waals surface area contributed by atoms with Gasteiger partial charge >= 0.3 is 0 Å². The number of rotatable bonds is 5. The van der Waals surface area contributed by atoms with E-state index in [4.69, 9.17) is 4.74 Å². The largest absolute Gasteiger partial charge is 0.439 e.